The van der Waals surface area contributed by atoms with Crippen LogP contribution in [0.25, 0.3) is 10.4 Å². The van der Waals surface area contributed by atoms with E-state index in [1.165, 1.54) is 11.3 Å². The number of esters is 1. The maximum atomic E-state index is 12.6. The van der Waals surface area contributed by atoms with E-state index in [-0.39, 0.29) is 12.5 Å². The molecule has 3 rings (SSSR count). The van der Waals surface area contributed by atoms with Gasteiger partial charge in [0.15, 0.2) is 0 Å². The average molecular weight is 421 g/mol. The van der Waals surface area contributed by atoms with Crippen LogP contribution in [0, 0.1) is 5.92 Å². The first-order valence-electron chi connectivity index (χ1n) is 9.55. The second-order valence-corrected chi connectivity index (χ2v) is 8.58. The lowest BCUT2D eigenvalue weighted by molar-refractivity contribution is -0.117. The summed E-state index contributed by atoms with van der Waals surface area (Å²) >= 11 is 7.27. The molecule has 150 valence electrons. The fraction of sp³-hybridized carbons (Fsp3) is 0.429. The summed E-state index contributed by atoms with van der Waals surface area (Å²) in [6.07, 6.45) is 2.22. The molecule has 1 aliphatic rings. The van der Waals surface area contributed by atoms with Gasteiger partial charge in [0, 0.05) is 9.90 Å². The number of ether oxygens (including phenoxy) is 1. The van der Waals surface area contributed by atoms with Gasteiger partial charge in [-0.2, -0.15) is 0 Å². The van der Waals surface area contributed by atoms with Gasteiger partial charge in [0.05, 0.1) is 18.8 Å². The molecule has 28 heavy (non-hydrogen) atoms. The third-order valence-corrected chi connectivity index (χ3v) is 6.26. The van der Waals surface area contributed by atoms with Crippen molar-refractivity contribution in [2.24, 2.45) is 5.92 Å². The first-order chi connectivity index (χ1) is 13.5. The van der Waals surface area contributed by atoms with Crippen LogP contribution in [0.4, 0.5) is 5.69 Å². The highest BCUT2D eigenvalue weighted by Crippen LogP contribution is 2.36. The monoisotopic (exact) mass is 420 g/mol. The summed E-state index contributed by atoms with van der Waals surface area (Å²) in [6, 6.07) is 9.22. The number of halogens is 1. The Morgan fingerprint density at radius 3 is 2.57 bits per heavy atom. The molecule has 2 aromatic rings. The third-order valence-electron chi connectivity index (χ3n) is 4.84. The number of amides is 1. The van der Waals surface area contributed by atoms with Crippen LogP contribution in [0.2, 0.25) is 5.02 Å². The number of piperidine rings is 1. The van der Waals surface area contributed by atoms with E-state index in [0.29, 0.717) is 28.0 Å². The predicted molar refractivity (Wildman–Crippen MR) is 114 cm³/mol. The summed E-state index contributed by atoms with van der Waals surface area (Å²) in [7, 11) is 0. The normalized spacial score (nSPS) is 15.4. The third kappa shape index (κ3) is 5.34. The molecule has 2 heterocycles. The largest absolute Gasteiger partial charge is 0.462 e. The number of hydrogen-bond donors (Lipinski definition) is 1. The molecular formula is C21H25ClN2O3S. The van der Waals surface area contributed by atoms with Crippen molar-refractivity contribution in [3.8, 4) is 10.4 Å². The van der Waals surface area contributed by atoms with E-state index in [1.807, 2.05) is 18.2 Å². The molecule has 0 aliphatic carbocycles. The second kappa shape index (κ2) is 9.54. The van der Waals surface area contributed by atoms with Gasteiger partial charge in [0.2, 0.25) is 5.91 Å². The fourth-order valence-corrected chi connectivity index (χ4v) is 4.34. The predicted octanol–water partition coefficient (Wildman–Crippen LogP) is 4.92. The Hall–Kier alpha value is -1.89. The molecule has 1 fully saturated rings. The van der Waals surface area contributed by atoms with Crippen LogP contribution in [0.3, 0.4) is 0 Å². The van der Waals surface area contributed by atoms with E-state index in [0.717, 1.165) is 36.4 Å². The molecule has 0 bridgehead atoms. The number of hydrogen-bond acceptors (Lipinski definition) is 5. The Labute approximate surface area is 174 Å². The van der Waals surface area contributed by atoms with Crippen LogP contribution in [-0.2, 0) is 9.53 Å². The van der Waals surface area contributed by atoms with Gasteiger partial charge in [-0.3, -0.25) is 9.69 Å². The maximum absolute atomic E-state index is 12.6. The topological polar surface area (TPSA) is 58.6 Å². The smallest absolute Gasteiger partial charge is 0.350 e. The lowest BCUT2D eigenvalue weighted by Gasteiger charge is -2.29. The summed E-state index contributed by atoms with van der Waals surface area (Å²) in [5, 5.41) is 3.56. The van der Waals surface area contributed by atoms with E-state index >= 15 is 0 Å². The van der Waals surface area contributed by atoms with E-state index < -0.39 is 5.97 Å². The van der Waals surface area contributed by atoms with Crippen LogP contribution >= 0.6 is 22.9 Å². The lowest BCUT2D eigenvalue weighted by Crippen LogP contribution is -2.38. The first-order valence-corrected chi connectivity index (χ1v) is 10.7. The van der Waals surface area contributed by atoms with Crippen LogP contribution in [0.1, 0.15) is 36.4 Å². The number of likely N-dealkylation sites (tertiary alicyclic amines) is 1. The zero-order chi connectivity index (χ0) is 20.1. The number of benzene rings is 1. The van der Waals surface area contributed by atoms with Gasteiger partial charge in [-0.25, -0.2) is 4.79 Å². The number of nitrogens with zero attached hydrogens (tertiary/aromatic N) is 1. The Bertz CT molecular complexity index is 827. The summed E-state index contributed by atoms with van der Waals surface area (Å²) in [6.45, 7) is 6.49. The minimum Gasteiger partial charge on any atom is -0.462 e. The van der Waals surface area contributed by atoms with Crippen molar-refractivity contribution < 1.29 is 14.3 Å². The molecule has 1 aromatic heterocycles. The van der Waals surface area contributed by atoms with Crippen molar-refractivity contribution in [3.63, 3.8) is 0 Å². The van der Waals surface area contributed by atoms with Crippen LogP contribution in [-0.4, -0.2) is 43.0 Å². The molecule has 1 aromatic carbocycles. The van der Waals surface area contributed by atoms with E-state index in [2.05, 4.69) is 17.1 Å². The fourth-order valence-electron chi connectivity index (χ4n) is 3.20. The molecule has 1 saturated heterocycles. The maximum Gasteiger partial charge on any atom is 0.350 e. The second-order valence-electron chi connectivity index (χ2n) is 7.09. The van der Waals surface area contributed by atoms with Gasteiger partial charge in [-0.05, 0) is 62.5 Å². The molecule has 1 aliphatic heterocycles. The zero-order valence-electron chi connectivity index (χ0n) is 16.2. The highest BCUT2D eigenvalue weighted by atomic mass is 35.5. The number of carbonyl (C=O) groups is 2. The Morgan fingerprint density at radius 1 is 1.25 bits per heavy atom. The number of carbonyl (C=O) groups excluding carboxylic acids is 2. The first kappa shape index (κ1) is 20.8. The zero-order valence-corrected chi connectivity index (χ0v) is 17.7. The van der Waals surface area contributed by atoms with Gasteiger partial charge in [0.25, 0.3) is 0 Å². The molecule has 0 unspecified atom stereocenters. The minimum atomic E-state index is -0.421. The number of thiophene rings is 1. The molecule has 5 nitrogen and oxygen atoms in total. The Kier molecular flexibility index (Phi) is 7.10. The van der Waals surface area contributed by atoms with E-state index in [1.54, 1.807) is 19.1 Å². The van der Waals surface area contributed by atoms with Crippen molar-refractivity contribution in [1.82, 2.24) is 4.90 Å². The molecule has 7 heteroatoms. The molecule has 0 radical (unpaired) electrons. The number of nitrogens with one attached hydrogen (secondary N) is 1. The van der Waals surface area contributed by atoms with Crippen molar-refractivity contribution in [2.45, 2.75) is 26.7 Å². The molecule has 0 saturated carbocycles. The molecular weight excluding hydrogens is 396 g/mol. The van der Waals surface area contributed by atoms with E-state index in [4.69, 9.17) is 16.3 Å². The quantitative estimate of drug-likeness (QED) is 0.674. The van der Waals surface area contributed by atoms with Gasteiger partial charge in [-0.15, -0.1) is 11.3 Å². The summed E-state index contributed by atoms with van der Waals surface area (Å²) in [4.78, 5) is 28.4. The molecule has 1 amide bonds. The summed E-state index contributed by atoms with van der Waals surface area (Å²) in [5.41, 5.74) is 1.44. The SMILES string of the molecule is CCOC(=O)c1sc(-c2ccc(Cl)cc2)cc1NC(=O)CN1CCC(C)CC1. The van der Waals surface area contributed by atoms with Gasteiger partial charge in [0.1, 0.15) is 4.88 Å². The average Bonchev–Trinajstić information content (AvgIpc) is 3.08. The van der Waals surface area contributed by atoms with Crippen molar-refractivity contribution >= 4 is 40.5 Å². The van der Waals surface area contributed by atoms with Gasteiger partial charge >= 0.3 is 5.97 Å². The molecule has 0 atom stereocenters. The van der Waals surface area contributed by atoms with Gasteiger partial charge in [-0.1, -0.05) is 30.7 Å². The van der Waals surface area contributed by atoms with Crippen LogP contribution < -0.4 is 5.32 Å². The highest BCUT2D eigenvalue weighted by Gasteiger charge is 2.22. The Balaban J connectivity index is 1.76. The van der Waals surface area contributed by atoms with Gasteiger partial charge < -0.3 is 10.1 Å². The van der Waals surface area contributed by atoms with Crippen molar-refractivity contribution in [2.75, 3.05) is 31.6 Å². The molecule has 0 spiro atoms. The highest BCUT2D eigenvalue weighted by molar-refractivity contribution is 7.18. The summed E-state index contributed by atoms with van der Waals surface area (Å²) in [5.74, 6) is 0.184. The number of anilines is 1. The Morgan fingerprint density at radius 2 is 1.93 bits per heavy atom. The standard InChI is InChI=1S/C21H25ClN2O3S/c1-3-27-21(26)20-17(12-18(28-20)15-4-6-16(22)7-5-15)23-19(25)13-24-10-8-14(2)9-11-24/h4-7,12,14H,3,8-11,13H2,1-2H3,(H,23,25). The minimum absolute atomic E-state index is 0.111. The van der Waals surface area contributed by atoms with Crippen molar-refractivity contribution in [1.29, 1.82) is 0 Å². The molecule has 1 N–H and O–H groups in total. The van der Waals surface area contributed by atoms with Crippen LogP contribution in [0.15, 0.2) is 30.3 Å². The van der Waals surface area contributed by atoms with Crippen molar-refractivity contribution in [3.05, 3.63) is 40.2 Å². The summed E-state index contributed by atoms with van der Waals surface area (Å²) < 4.78 is 5.17. The number of rotatable bonds is 6. The van der Waals surface area contributed by atoms with E-state index in [9.17, 15) is 9.59 Å². The lowest BCUT2D eigenvalue weighted by atomic mass is 9.99. The van der Waals surface area contributed by atoms with Crippen LogP contribution in [0.5, 0.6) is 0 Å².